The predicted octanol–water partition coefficient (Wildman–Crippen LogP) is 1.07. The van der Waals surface area contributed by atoms with Crippen molar-refractivity contribution in [1.29, 1.82) is 0 Å². The van der Waals surface area contributed by atoms with Gasteiger partial charge in [-0.25, -0.2) is 0 Å². The maximum atomic E-state index is 11.8. The fourth-order valence-electron chi connectivity index (χ4n) is 2.26. The highest BCUT2D eigenvalue weighted by molar-refractivity contribution is 7.09. The van der Waals surface area contributed by atoms with E-state index in [1.165, 1.54) is 4.88 Å². The second kappa shape index (κ2) is 6.31. The summed E-state index contributed by atoms with van der Waals surface area (Å²) in [6, 6.07) is 4.00. The summed E-state index contributed by atoms with van der Waals surface area (Å²) >= 11 is 1.65. The lowest BCUT2D eigenvalue weighted by molar-refractivity contribution is -0.122. The maximum Gasteiger partial charge on any atom is 0.234 e. The molecular weight excluding hydrogens is 248 g/mol. The standard InChI is InChI=1S/C13H20N2O2S/c1-10(16)11-4-5-15(8-11)9-13(17)14-7-12-3-2-6-18-12/h2-3,6,10-11,16H,4-5,7-9H2,1H3,(H,14,17). The Bertz CT molecular complexity index is 378. The van der Waals surface area contributed by atoms with Gasteiger partial charge in [0.15, 0.2) is 0 Å². The normalized spacial score (nSPS) is 22.0. The Morgan fingerprint density at radius 1 is 1.72 bits per heavy atom. The Hall–Kier alpha value is -0.910. The summed E-state index contributed by atoms with van der Waals surface area (Å²) in [7, 11) is 0. The molecule has 1 amide bonds. The number of carbonyl (C=O) groups excluding carboxylic acids is 1. The van der Waals surface area contributed by atoms with Gasteiger partial charge in [-0.05, 0) is 37.3 Å². The lowest BCUT2D eigenvalue weighted by Gasteiger charge is -2.16. The Balaban J connectivity index is 1.69. The van der Waals surface area contributed by atoms with E-state index in [9.17, 15) is 9.90 Å². The van der Waals surface area contributed by atoms with Crippen LogP contribution in [0.2, 0.25) is 0 Å². The van der Waals surface area contributed by atoms with Gasteiger partial charge in [-0.2, -0.15) is 0 Å². The van der Waals surface area contributed by atoms with Crippen LogP contribution in [0.15, 0.2) is 17.5 Å². The first kappa shape index (κ1) is 13.5. The first-order valence-electron chi connectivity index (χ1n) is 6.34. The highest BCUT2D eigenvalue weighted by Crippen LogP contribution is 2.19. The molecule has 1 aliphatic rings. The summed E-state index contributed by atoms with van der Waals surface area (Å²) in [4.78, 5) is 15.0. The van der Waals surface area contributed by atoms with E-state index in [0.717, 1.165) is 19.5 Å². The third-order valence-corrected chi connectivity index (χ3v) is 4.27. The van der Waals surface area contributed by atoms with Crippen molar-refractivity contribution >= 4 is 17.2 Å². The second-order valence-electron chi connectivity index (χ2n) is 4.88. The molecular formula is C13H20N2O2S. The van der Waals surface area contributed by atoms with Gasteiger partial charge in [-0.3, -0.25) is 9.69 Å². The molecule has 1 aromatic rings. The van der Waals surface area contributed by atoms with Gasteiger partial charge < -0.3 is 10.4 Å². The van der Waals surface area contributed by atoms with Crippen LogP contribution in [0, 0.1) is 5.92 Å². The topological polar surface area (TPSA) is 52.6 Å². The summed E-state index contributed by atoms with van der Waals surface area (Å²) in [6.45, 7) is 4.61. The van der Waals surface area contributed by atoms with Gasteiger partial charge in [-0.1, -0.05) is 6.07 Å². The van der Waals surface area contributed by atoms with Crippen molar-refractivity contribution < 1.29 is 9.90 Å². The molecule has 2 atom stereocenters. The number of hydrogen-bond acceptors (Lipinski definition) is 4. The number of hydrogen-bond donors (Lipinski definition) is 2. The molecule has 0 radical (unpaired) electrons. The zero-order chi connectivity index (χ0) is 13.0. The molecule has 1 saturated heterocycles. The molecule has 18 heavy (non-hydrogen) atoms. The number of aliphatic hydroxyl groups is 1. The monoisotopic (exact) mass is 268 g/mol. The van der Waals surface area contributed by atoms with Crippen LogP contribution in [0.5, 0.6) is 0 Å². The van der Waals surface area contributed by atoms with E-state index in [4.69, 9.17) is 0 Å². The quantitative estimate of drug-likeness (QED) is 0.840. The van der Waals surface area contributed by atoms with E-state index in [-0.39, 0.29) is 12.0 Å². The largest absolute Gasteiger partial charge is 0.393 e. The minimum absolute atomic E-state index is 0.0645. The van der Waals surface area contributed by atoms with Crippen LogP contribution in [-0.4, -0.2) is 41.7 Å². The van der Waals surface area contributed by atoms with E-state index in [1.54, 1.807) is 11.3 Å². The highest BCUT2D eigenvalue weighted by Gasteiger charge is 2.26. The van der Waals surface area contributed by atoms with Crippen LogP contribution >= 0.6 is 11.3 Å². The van der Waals surface area contributed by atoms with Crippen molar-refractivity contribution in [1.82, 2.24) is 10.2 Å². The van der Waals surface area contributed by atoms with Gasteiger partial charge in [0, 0.05) is 11.4 Å². The van der Waals surface area contributed by atoms with Gasteiger partial charge in [-0.15, -0.1) is 11.3 Å². The van der Waals surface area contributed by atoms with Gasteiger partial charge in [0.1, 0.15) is 0 Å². The average Bonchev–Trinajstić information content (AvgIpc) is 2.96. The molecule has 2 unspecified atom stereocenters. The predicted molar refractivity (Wildman–Crippen MR) is 72.4 cm³/mol. The van der Waals surface area contributed by atoms with E-state index in [0.29, 0.717) is 19.0 Å². The molecule has 0 saturated carbocycles. The molecule has 100 valence electrons. The van der Waals surface area contributed by atoms with Crippen molar-refractivity contribution in [2.45, 2.75) is 26.0 Å². The zero-order valence-corrected chi connectivity index (χ0v) is 11.4. The molecule has 0 spiro atoms. The van der Waals surface area contributed by atoms with Crippen molar-refractivity contribution in [3.05, 3.63) is 22.4 Å². The van der Waals surface area contributed by atoms with E-state index >= 15 is 0 Å². The number of rotatable bonds is 5. The molecule has 2 rings (SSSR count). The average molecular weight is 268 g/mol. The number of amides is 1. The first-order valence-corrected chi connectivity index (χ1v) is 7.22. The molecule has 2 heterocycles. The van der Waals surface area contributed by atoms with Gasteiger partial charge in [0.2, 0.25) is 5.91 Å². The van der Waals surface area contributed by atoms with Crippen LogP contribution in [0.25, 0.3) is 0 Å². The van der Waals surface area contributed by atoms with Crippen molar-refractivity contribution in [3.8, 4) is 0 Å². The van der Waals surface area contributed by atoms with Gasteiger partial charge in [0.05, 0.1) is 19.2 Å². The summed E-state index contributed by atoms with van der Waals surface area (Å²) in [5, 5.41) is 14.4. The number of thiophene rings is 1. The molecule has 0 aromatic carbocycles. The van der Waals surface area contributed by atoms with E-state index < -0.39 is 0 Å². The van der Waals surface area contributed by atoms with E-state index in [2.05, 4.69) is 10.2 Å². The Morgan fingerprint density at radius 2 is 2.56 bits per heavy atom. The van der Waals surface area contributed by atoms with Crippen LogP contribution < -0.4 is 5.32 Å². The number of nitrogens with one attached hydrogen (secondary N) is 1. The van der Waals surface area contributed by atoms with Crippen molar-refractivity contribution in [3.63, 3.8) is 0 Å². The summed E-state index contributed by atoms with van der Waals surface area (Å²) in [6.07, 6.45) is 0.708. The first-order chi connectivity index (χ1) is 8.65. The Labute approximate surface area is 112 Å². The molecule has 1 aliphatic heterocycles. The molecule has 1 fully saturated rings. The smallest absolute Gasteiger partial charge is 0.234 e. The number of likely N-dealkylation sites (tertiary alicyclic amines) is 1. The second-order valence-corrected chi connectivity index (χ2v) is 5.91. The lowest BCUT2D eigenvalue weighted by Crippen LogP contribution is -2.36. The van der Waals surface area contributed by atoms with Crippen LogP contribution in [0.4, 0.5) is 0 Å². The minimum atomic E-state index is -0.274. The number of carbonyl (C=O) groups is 1. The van der Waals surface area contributed by atoms with Gasteiger partial charge >= 0.3 is 0 Å². The molecule has 5 heteroatoms. The molecule has 0 bridgehead atoms. The summed E-state index contributed by atoms with van der Waals surface area (Å²) < 4.78 is 0. The molecule has 1 aromatic heterocycles. The Kier molecular flexibility index (Phi) is 4.74. The summed E-state index contributed by atoms with van der Waals surface area (Å²) in [5.41, 5.74) is 0. The van der Waals surface area contributed by atoms with Crippen LogP contribution in [-0.2, 0) is 11.3 Å². The third-order valence-electron chi connectivity index (χ3n) is 3.40. The van der Waals surface area contributed by atoms with Gasteiger partial charge in [0.25, 0.3) is 0 Å². The summed E-state index contributed by atoms with van der Waals surface area (Å²) in [5.74, 6) is 0.379. The third kappa shape index (κ3) is 3.80. The fourth-order valence-corrected chi connectivity index (χ4v) is 2.90. The fraction of sp³-hybridized carbons (Fsp3) is 0.615. The van der Waals surface area contributed by atoms with Crippen LogP contribution in [0.3, 0.4) is 0 Å². The number of aliphatic hydroxyl groups excluding tert-OH is 1. The highest BCUT2D eigenvalue weighted by atomic mass is 32.1. The number of nitrogens with zero attached hydrogens (tertiary/aromatic N) is 1. The van der Waals surface area contributed by atoms with Crippen molar-refractivity contribution in [2.24, 2.45) is 5.92 Å². The lowest BCUT2D eigenvalue weighted by atomic mass is 10.0. The SMILES string of the molecule is CC(O)C1CCN(CC(=O)NCc2cccs2)C1. The van der Waals surface area contributed by atoms with Crippen molar-refractivity contribution in [2.75, 3.05) is 19.6 Å². The van der Waals surface area contributed by atoms with Crippen LogP contribution in [0.1, 0.15) is 18.2 Å². The zero-order valence-electron chi connectivity index (χ0n) is 10.6. The van der Waals surface area contributed by atoms with E-state index in [1.807, 2.05) is 24.4 Å². The molecule has 2 N–H and O–H groups in total. The minimum Gasteiger partial charge on any atom is -0.393 e. The maximum absolute atomic E-state index is 11.8. The molecule has 0 aliphatic carbocycles. The Morgan fingerprint density at radius 3 is 3.17 bits per heavy atom. The molecule has 4 nitrogen and oxygen atoms in total.